The van der Waals surface area contributed by atoms with E-state index in [9.17, 15) is 9.59 Å². The first-order chi connectivity index (χ1) is 22.9. The van der Waals surface area contributed by atoms with Crippen LogP contribution in [0, 0.1) is 0 Å². The lowest BCUT2D eigenvalue weighted by molar-refractivity contribution is -0.134. The van der Waals surface area contributed by atoms with Crippen molar-refractivity contribution >= 4 is 37.2 Å². The minimum Gasteiger partial charge on any atom is -0.481 e. The molecule has 0 spiro atoms. The molecule has 0 heterocycles. The number of aliphatic hydroxyl groups is 2. The Labute approximate surface area is 302 Å². The Bertz CT molecular complexity index is 508. The van der Waals surface area contributed by atoms with E-state index >= 15 is 0 Å². The maximum Gasteiger partial charge on any atom is 0.313 e. The number of ether oxygens (including phenoxy) is 1. The smallest absolute Gasteiger partial charge is 0.313 e. The van der Waals surface area contributed by atoms with Crippen LogP contribution >= 0.6 is 25.3 Å². The van der Waals surface area contributed by atoms with Crippen LogP contribution in [0.5, 0.6) is 0 Å². The summed E-state index contributed by atoms with van der Waals surface area (Å²) in [4.78, 5) is 18.6. The SMILES string of the molecule is CCCCCCCCCCCCCCCCOCCCCCCCCCCCCCCCC.O=C(O)CS.O=C(O)CS.OCCO. The Kier molecular flexibility index (Phi) is 62.3. The molecule has 0 rings (SSSR count). The van der Waals surface area contributed by atoms with Crippen LogP contribution in [0.1, 0.15) is 194 Å². The number of thiol groups is 2. The van der Waals surface area contributed by atoms with Crippen LogP contribution in [0.2, 0.25) is 0 Å². The van der Waals surface area contributed by atoms with Gasteiger partial charge < -0.3 is 25.2 Å². The molecule has 4 N–H and O–H groups in total. The van der Waals surface area contributed by atoms with E-state index in [0.29, 0.717) is 0 Å². The second-order valence-electron chi connectivity index (χ2n) is 12.4. The topological polar surface area (TPSA) is 124 Å². The molecule has 0 aromatic carbocycles. The van der Waals surface area contributed by atoms with Gasteiger partial charge in [-0.3, -0.25) is 9.59 Å². The number of carboxylic acids is 2. The molecule has 0 atom stereocenters. The second kappa shape index (κ2) is 55.0. The van der Waals surface area contributed by atoms with Gasteiger partial charge in [-0.1, -0.05) is 181 Å². The average molecular weight is 713 g/mol. The Morgan fingerprint density at radius 1 is 0.404 bits per heavy atom. The van der Waals surface area contributed by atoms with E-state index in [-0.39, 0.29) is 24.7 Å². The van der Waals surface area contributed by atoms with Crippen LogP contribution in [0.3, 0.4) is 0 Å². The fraction of sp³-hybridized carbons (Fsp3) is 0.947. The van der Waals surface area contributed by atoms with Gasteiger partial charge in [0.1, 0.15) is 0 Å². The summed E-state index contributed by atoms with van der Waals surface area (Å²) < 4.78 is 5.85. The molecule has 47 heavy (non-hydrogen) atoms. The highest BCUT2D eigenvalue weighted by Crippen LogP contribution is 2.14. The lowest BCUT2D eigenvalue weighted by Crippen LogP contribution is -1.97. The summed E-state index contributed by atoms with van der Waals surface area (Å²) in [6.45, 7) is 6.34. The number of aliphatic hydroxyl groups excluding tert-OH is 2. The Balaban J connectivity index is -0.000000547. The standard InChI is InChI=1S/C32H66O.2C2H4O2S.C2H6O2/c1-3-5-7-9-11-13-15-17-19-21-23-25-27-29-31-33-32-30-28-26-24-22-20-18-16-14-12-10-8-6-4-2;2*3-2(4)1-5;3-1-2-4/h3-32H2,1-2H3;2*5H,1H2,(H,3,4);3-4H,1-2H2. The Morgan fingerprint density at radius 2 is 0.574 bits per heavy atom. The number of rotatable bonds is 33. The summed E-state index contributed by atoms with van der Waals surface area (Å²) in [5.74, 6) is -1.93. The van der Waals surface area contributed by atoms with E-state index < -0.39 is 11.9 Å². The predicted molar refractivity (Wildman–Crippen MR) is 209 cm³/mol. The molecule has 0 saturated heterocycles. The number of carbonyl (C=O) groups is 2. The van der Waals surface area contributed by atoms with E-state index in [2.05, 4.69) is 39.1 Å². The van der Waals surface area contributed by atoms with Crippen LogP contribution in [-0.4, -0.2) is 70.3 Å². The maximum absolute atomic E-state index is 9.29. The van der Waals surface area contributed by atoms with Crippen LogP contribution in [0.15, 0.2) is 0 Å². The molecule has 0 saturated carbocycles. The molecule has 9 heteroatoms. The van der Waals surface area contributed by atoms with Crippen LogP contribution in [-0.2, 0) is 14.3 Å². The van der Waals surface area contributed by atoms with Crippen LogP contribution in [0.25, 0.3) is 0 Å². The van der Waals surface area contributed by atoms with E-state index in [1.54, 1.807) is 0 Å². The van der Waals surface area contributed by atoms with Crippen molar-refractivity contribution in [3.05, 3.63) is 0 Å². The first-order valence-electron chi connectivity index (χ1n) is 19.3. The van der Waals surface area contributed by atoms with Gasteiger partial charge in [0.15, 0.2) is 0 Å². The third-order valence-corrected chi connectivity index (χ3v) is 8.20. The number of unbranched alkanes of at least 4 members (excludes halogenated alkanes) is 26. The highest BCUT2D eigenvalue weighted by Gasteiger charge is 1.96. The number of hydrogen-bond donors (Lipinski definition) is 6. The van der Waals surface area contributed by atoms with Crippen LogP contribution in [0.4, 0.5) is 0 Å². The highest BCUT2D eigenvalue weighted by atomic mass is 32.1. The molecular weight excluding hydrogens is 633 g/mol. The van der Waals surface area contributed by atoms with E-state index in [1.165, 1.54) is 180 Å². The van der Waals surface area contributed by atoms with Crippen molar-refractivity contribution in [3.63, 3.8) is 0 Å². The molecule has 0 aliphatic carbocycles. The van der Waals surface area contributed by atoms with Gasteiger partial charge in [-0.2, -0.15) is 25.3 Å². The van der Waals surface area contributed by atoms with E-state index in [0.717, 1.165) is 13.2 Å². The molecule has 0 fully saturated rings. The fourth-order valence-corrected chi connectivity index (χ4v) is 4.90. The minimum absolute atomic E-state index is 0.0833. The maximum atomic E-state index is 9.29. The zero-order valence-corrected chi connectivity index (χ0v) is 32.7. The van der Waals surface area contributed by atoms with Crippen molar-refractivity contribution in [2.24, 2.45) is 0 Å². The highest BCUT2D eigenvalue weighted by molar-refractivity contribution is 7.81. The van der Waals surface area contributed by atoms with E-state index in [4.69, 9.17) is 25.2 Å². The predicted octanol–water partition coefficient (Wildman–Crippen LogP) is 10.9. The molecule has 0 bridgehead atoms. The third kappa shape index (κ3) is 72.3. The second-order valence-corrected chi connectivity index (χ2v) is 13.0. The summed E-state index contributed by atoms with van der Waals surface area (Å²) in [6.07, 6.45) is 40.1. The molecule has 0 aliphatic rings. The Morgan fingerprint density at radius 3 is 0.723 bits per heavy atom. The number of carboxylic acid groups (broad SMARTS) is 2. The summed E-state index contributed by atoms with van der Waals surface area (Å²) in [6, 6.07) is 0. The van der Waals surface area contributed by atoms with Gasteiger partial charge in [0.05, 0.1) is 24.7 Å². The normalized spacial score (nSPS) is 10.3. The van der Waals surface area contributed by atoms with Crippen molar-refractivity contribution in [2.45, 2.75) is 194 Å². The summed E-state index contributed by atoms with van der Waals surface area (Å²) in [5.41, 5.74) is 0. The quantitative estimate of drug-likeness (QED) is 0.0295. The molecule has 0 radical (unpaired) electrons. The van der Waals surface area contributed by atoms with Crippen molar-refractivity contribution in [1.29, 1.82) is 0 Å². The number of hydrogen-bond acceptors (Lipinski definition) is 7. The first-order valence-corrected chi connectivity index (χ1v) is 20.6. The van der Waals surface area contributed by atoms with Gasteiger partial charge >= 0.3 is 11.9 Å². The zero-order valence-electron chi connectivity index (χ0n) is 30.9. The largest absolute Gasteiger partial charge is 0.481 e. The van der Waals surface area contributed by atoms with Crippen molar-refractivity contribution in [1.82, 2.24) is 0 Å². The summed E-state index contributed by atoms with van der Waals surface area (Å²) >= 11 is 6.83. The number of aliphatic carboxylic acids is 2. The lowest BCUT2D eigenvalue weighted by atomic mass is 10.0. The fourth-order valence-electron chi connectivity index (χ4n) is 4.90. The van der Waals surface area contributed by atoms with Crippen molar-refractivity contribution in [3.8, 4) is 0 Å². The molecule has 0 aromatic rings. The van der Waals surface area contributed by atoms with E-state index in [1.807, 2.05) is 0 Å². The zero-order chi connectivity index (χ0) is 35.9. The monoisotopic (exact) mass is 713 g/mol. The molecule has 0 amide bonds. The Hall–Kier alpha value is -0.480. The average Bonchev–Trinajstić information content (AvgIpc) is 3.08. The molecule has 0 aliphatic heterocycles. The lowest BCUT2D eigenvalue weighted by Gasteiger charge is -2.05. The molecule has 0 aromatic heterocycles. The van der Waals surface area contributed by atoms with Gasteiger partial charge in [0, 0.05) is 13.2 Å². The van der Waals surface area contributed by atoms with Gasteiger partial charge in [-0.05, 0) is 12.8 Å². The third-order valence-electron chi connectivity index (χ3n) is 7.65. The molecule has 0 unspecified atom stereocenters. The van der Waals surface area contributed by atoms with Crippen LogP contribution < -0.4 is 0 Å². The van der Waals surface area contributed by atoms with Gasteiger partial charge in [0.2, 0.25) is 0 Å². The van der Waals surface area contributed by atoms with Gasteiger partial charge in [-0.15, -0.1) is 0 Å². The molecular formula is C38H80O7S2. The van der Waals surface area contributed by atoms with Crippen molar-refractivity contribution in [2.75, 3.05) is 37.9 Å². The molecule has 286 valence electrons. The molecule has 7 nitrogen and oxygen atoms in total. The summed E-state index contributed by atoms with van der Waals surface area (Å²) in [5, 5.41) is 30.5. The van der Waals surface area contributed by atoms with Crippen molar-refractivity contribution < 1.29 is 34.8 Å². The van der Waals surface area contributed by atoms with Gasteiger partial charge in [0.25, 0.3) is 0 Å². The van der Waals surface area contributed by atoms with Gasteiger partial charge in [-0.25, -0.2) is 0 Å². The summed E-state index contributed by atoms with van der Waals surface area (Å²) in [7, 11) is 0. The first kappa shape index (κ1) is 53.3. The minimum atomic E-state index is -0.881.